The van der Waals surface area contributed by atoms with Gasteiger partial charge in [0.15, 0.2) is 17.9 Å². The van der Waals surface area contributed by atoms with Crippen LogP contribution in [-0.4, -0.2) is 23.7 Å². The van der Waals surface area contributed by atoms with Gasteiger partial charge in [-0.3, -0.25) is 5.10 Å². The molecule has 1 N–H and O–H groups in total. The number of hydrogen-bond acceptors (Lipinski definition) is 4. The van der Waals surface area contributed by atoms with Crippen molar-refractivity contribution in [3.63, 3.8) is 0 Å². The van der Waals surface area contributed by atoms with Gasteiger partial charge in [-0.25, -0.2) is 9.84 Å². The van der Waals surface area contributed by atoms with Crippen LogP contribution in [0, 0.1) is 17.9 Å². The summed E-state index contributed by atoms with van der Waals surface area (Å²) in [6.07, 6.45) is 1.16. The third kappa shape index (κ3) is 1.63. The number of methoxy groups -OCH3 is 1. The van der Waals surface area contributed by atoms with E-state index in [9.17, 15) is 0 Å². The molecule has 0 saturated carbocycles. The average Bonchev–Trinajstić information content (AvgIpc) is 2.56. The summed E-state index contributed by atoms with van der Waals surface area (Å²) in [7, 11) is 1.43. The molecule has 0 amide bonds. The van der Waals surface area contributed by atoms with Gasteiger partial charge in [-0.1, -0.05) is 0 Å². The first-order valence-corrected chi connectivity index (χ1v) is 3.24. The minimum atomic E-state index is 0.0400. The maximum absolute atomic E-state index is 8.53. The second-order valence-electron chi connectivity index (χ2n) is 1.96. The van der Waals surface area contributed by atoms with Gasteiger partial charge in [-0.2, -0.15) is 10.4 Å². The molecule has 0 fully saturated rings. The number of hydrogen-bond donors (Lipinski definition) is 1. The van der Waals surface area contributed by atoms with E-state index in [2.05, 4.69) is 24.8 Å². The Kier molecular flexibility index (Phi) is 2.61. The molecule has 1 aromatic heterocycles. The Hall–Kier alpha value is -2.34. The van der Waals surface area contributed by atoms with Gasteiger partial charge in [0.2, 0.25) is 0 Å². The molecule has 13 heavy (non-hydrogen) atoms. The summed E-state index contributed by atoms with van der Waals surface area (Å²) in [4.78, 5) is 6.85. The monoisotopic (exact) mass is 175 g/mol. The molecule has 0 aliphatic rings. The minimum Gasteiger partial charge on any atom is -0.486 e. The molecule has 0 spiro atoms. The lowest BCUT2D eigenvalue weighted by atomic mass is 10.4. The SMILES string of the molecule is [C-]#[N+]c1c(C#N)n[nH]c1/N=C/OC. The second-order valence-corrected chi connectivity index (χ2v) is 1.96. The van der Waals surface area contributed by atoms with E-state index >= 15 is 0 Å². The first-order chi connectivity index (χ1) is 6.33. The van der Waals surface area contributed by atoms with E-state index in [4.69, 9.17) is 11.8 Å². The van der Waals surface area contributed by atoms with E-state index in [-0.39, 0.29) is 17.2 Å². The van der Waals surface area contributed by atoms with E-state index in [0.29, 0.717) is 0 Å². The standard InChI is InChI=1S/C7H5N5O/c1-9-6-5(3-8)11-12-7(6)10-4-13-2/h4H,2H3,(H,11,12)/b10-4+. The molecule has 6 nitrogen and oxygen atoms in total. The summed E-state index contributed by atoms with van der Waals surface area (Å²) in [6.45, 7) is 6.78. The molecule has 0 saturated heterocycles. The fraction of sp³-hybridized carbons (Fsp3) is 0.143. The van der Waals surface area contributed by atoms with Crippen molar-refractivity contribution >= 4 is 17.9 Å². The van der Waals surface area contributed by atoms with Gasteiger partial charge in [0.1, 0.15) is 6.07 Å². The predicted molar refractivity (Wildman–Crippen MR) is 44.7 cm³/mol. The predicted octanol–water partition coefficient (Wildman–Crippen LogP) is 1.14. The van der Waals surface area contributed by atoms with Gasteiger partial charge in [0.05, 0.1) is 13.7 Å². The Bertz CT molecular complexity index is 405. The van der Waals surface area contributed by atoms with Crippen LogP contribution in [0.1, 0.15) is 5.69 Å². The Balaban J connectivity index is 3.12. The molecule has 6 heteroatoms. The number of nitriles is 1. The van der Waals surface area contributed by atoms with Crippen LogP contribution in [0.4, 0.5) is 11.5 Å². The molecular formula is C7H5N5O. The summed E-state index contributed by atoms with van der Waals surface area (Å²) in [6, 6.07) is 1.77. The number of aromatic amines is 1. The summed E-state index contributed by atoms with van der Waals surface area (Å²) < 4.78 is 4.56. The molecular weight excluding hydrogens is 170 g/mol. The number of H-pyrrole nitrogens is 1. The van der Waals surface area contributed by atoms with Gasteiger partial charge in [-0.15, -0.1) is 0 Å². The highest BCUT2D eigenvalue weighted by Gasteiger charge is 2.11. The Labute approximate surface area is 74.3 Å². The lowest BCUT2D eigenvalue weighted by Crippen LogP contribution is -1.74. The van der Waals surface area contributed by atoms with Crippen LogP contribution in [0.15, 0.2) is 4.99 Å². The number of nitrogens with one attached hydrogen (secondary N) is 1. The Morgan fingerprint density at radius 3 is 3.15 bits per heavy atom. The maximum Gasteiger partial charge on any atom is 0.267 e. The van der Waals surface area contributed by atoms with Crippen LogP contribution in [0.3, 0.4) is 0 Å². The normalized spacial score (nSPS) is 9.46. The van der Waals surface area contributed by atoms with E-state index in [1.807, 2.05) is 0 Å². The maximum atomic E-state index is 8.53. The molecule has 0 aliphatic heterocycles. The number of rotatable bonds is 2. The molecule has 1 aromatic rings. The molecule has 0 bridgehead atoms. The third-order valence-electron chi connectivity index (χ3n) is 1.23. The molecule has 1 rings (SSSR count). The molecule has 0 radical (unpaired) electrons. The van der Waals surface area contributed by atoms with Gasteiger partial charge in [0.25, 0.3) is 5.69 Å². The molecule has 1 heterocycles. The summed E-state index contributed by atoms with van der Waals surface area (Å²) in [5, 5.41) is 14.6. The van der Waals surface area contributed by atoms with Crippen LogP contribution < -0.4 is 0 Å². The largest absolute Gasteiger partial charge is 0.486 e. The summed E-state index contributed by atoms with van der Waals surface area (Å²) >= 11 is 0. The van der Waals surface area contributed by atoms with Crippen LogP contribution in [0.2, 0.25) is 0 Å². The van der Waals surface area contributed by atoms with Crippen molar-refractivity contribution < 1.29 is 4.74 Å². The van der Waals surface area contributed by atoms with E-state index in [1.165, 1.54) is 7.11 Å². The van der Waals surface area contributed by atoms with E-state index in [1.54, 1.807) is 6.07 Å². The van der Waals surface area contributed by atoms with E-state index < -0.39 is 0 Å². The highest BCUT2D eigenvalue weighted by atomic mass is 16.5. The lowest BCUT2D eigenvalue weighted by Gasteiger charge is -1.86. The number of ether oxygens (including phenoxy) is 1. The van der Waals surface area contributed by atoms with Crippen molar-refractivity contribution in [3.8, 4) is 6.07 Å². The zero-order chi connectivity index (χ0) is 9.68. The average molecular weight is 175 g/mol. The molecule has 0 atom stereocenters. The van der Waals surface area contributed by atoms with Gasteiger partial charge in [-0.05, 0) is 0 Å². The molecule has 0 aliphatic carbocycles. The fourth-order valence-electron chi connectivity index (χ4n) is 0.706. The molecule has 64 valence electrons. The highest BCUT2D eigenvalue weighted by molar-refractivity contribution is 5.71. The van der Waals surface area contributed by atoms with Crippen LogP contribution in [-0.2, 0) is 4.74 Å². The van der Waals surface area contributed by atoms with Crippen molar-refractivity contribution in [1.29, 1.82) is 5.26 Å². The molecule has 0 aromatic carbocycles. The third-order valence-corrected chi connectivity index (χ3v) is 1.23. The zero-order valence-electron chi connectivity index (χ0n) is 6.77. The van der Waals surface area contributed by atoms with Crippen molar-refractivity contribution in [2.75, 3.05) is 7.11 Å². The topological polar surface area (TPSA) is 78.4 Å². The quantitative estimate of drug-likeness (QED) is 0.415. The van der Waals surface area contributed by atoms with Gasteiger partial charge < -0.3 is 4.74 Å². The van der Waals surface area contributed by atoms with Crippen molar-refractivity contribution in [2.24, 2.45) is 4.99 Å². The zero-order valence-corrected chi connectivity index (χ0v) is 6.77. The Morgan fingerprint density at radius 1 is 1.85 bits per heavy atom. The van der Waals surface area contributed by atoms with Crippen molar-refractivity contribution in [1.82, 2.24) is 10.2 Å². The fourth-order valence-corrected chi connectivity index (χ4v) is 0.706. The highest BCUT2D eigenvalue weighted by Crippen LogP contribution is 2.27. The van der Waals surface area contributed by atoms with Crippen LogP contribution in [0.25, 0.3) is 4.85 Å². The van der Waals surface area contributed by atoms with Crippen LogP contribution >= 0.6 is 0 Å². The van der Waals surface area contributed by atoms with Crippen LogP contribution in [0.5, 0.6) is 0 Å². The number of aromatic nitrogens is 2. The number of aliphatic imine (C=N–C) groups is 1. The first-order valence-electron chi connectivity index (χ1n) is 3.24. The van der Waals surface area contributed by atoms with E-state index in [0.717, 1.165) is 6.40 Å². The smallest absolute Gasteiger partial charge is 0.267 e. The lowest BCUT2D eigenvalue weighted by molar-refractivity contribution is 0.423. The Morgan fingerprint density at radius 2 is 2.62 bits per heavy atom. The summed E-state index contributed by atoms with van der Waals surface area (Å²) in [5.41, 5.74) is 0.147. The van der Waals surface area contributed by atoms with Crippen molar-refractivity contribution in [3.05, 3.63) is 17.1 Å². The van der Waals surface area contributed by atoms with Gasteiger partial charge >= 0.3 is 0 Å². The minimum absolute atomic E-state index is 0.0400. The summed E-state index contributed by atoms with van der Waals surface area (Å²) in [5.74, 6) is 0.230. The molecule has 0 unspecified atom stereocenters. The first kappa shape index (κ1) is 8.75. The number of nitrogens with zero attached hydrogens (tertiary/aromatic N) is 4. The van der Waals surface area contributed by atoms with Gasteiger partial charge in [0, 0.05) is 0 Å². The second kappa shape index (κ2) is 3.88. The van der Waals surface area contributed by atoms with Crippen molar-refractivity contribution in [2.45, 2.75) is 0 Å².